The van der Waals surface area contributed by atoms with Crippen molar-refractivity contribution in [2.45, 2.75) is 26.3 Å². The van der Waals surface area contributed by atoms with Crippen LogP contribution >= 0.6 is 11.6 Å². The molecule has 0 saturated carbocycles. The maximum atomic E-state index is 13.1. The molecule has 0 spiro atoms. The van der Waals surface area contributed by atoms with Crippen LogP contribution in [0.3, 0.4) is 0 Å². The second kappa shape index (κ2) is 6.84. The summed E-state index contributed by atoms with van der Waals surface area (Å²) in [6, 6.07) is 6.64. The van der Waals surface area contributed by atoms with Gasteiger partial charge in [0.05, 0.1) is 17.0 Å². The van der Waals surface area contributed by atoms with Gasteiger partial charge in [-0.1, -0.05) is 30.7 Å². The molecule has 0 aromatic heterocycles. The number of carbonyl (C=O) groups is 1. The third-order valence-corrected chi connectivity index (χ3v) is 6.56. The minimum atomic E-state index is -3.85. The number of carbonyl (C=O) groups excluding carboxylic acids is 1. The normalized spacial score (nSPS) is 19.7. The Hall–Kier alpha value is -1.41. The van der Waals surface area contributed by atoms with E-state index in [0.29, 0.717) is 29.2 Å². The fraction of sp³-hybridized carbons (Fsp3) is 0.438. The summed E-state index contributed by atoms with van der Waals surface area (Å²) in [4.78, 5) is 11.6. The van der Waals surface area contributed by atoms with Crippen LogP contribution in [0.1, 0.15) is 26.3 Å². The summed E-state index contributed by atoms with van der Waals surface area (Å²) in [6.07, 6.45) is 0. The van der Waals surface area contributed by atoms with Gasteiger partial charge < -0.3 is 11.1 Å². The van der Waals surface area contributed by atoms with E-state index in [2.05, 4.69) is 5.32 Å². The summed E-state index contributed by atoms with van der Waals surface area (Å²) in [7, 11) is -3.85. The average Bonchev–Trinajstić information content (AvgIpc) is 2.63. The van der Waals surface area contributed by atoms with E-state index in [1.54, 1.807) is 38.1 Å². The first-order valence-electron chi connectivity index (χ1n) is 7.63. The number of primary amides is 1. The molecule has 1 aliphatic rings. The zero-order valence-electron chi connectivity index (χ0n) is 14.0. The number of nitrogens with one attached hydrogen (secondary N) is 1. The molecule has 1 aliphatic heterocycles. The number of benzene rings is 1. The molecule has 6 nitrogen and oxygen atoms in total. The van der Waals surface area contributed by atoms with Gasteiger partial charge in [-0.3, -0.25) is 4.79 Å². The van der Waals surface area contributed by atoms with Gasteiger partial charge in [0, 0.05) is 11.6 Å². The Kier molecular flexibility index (Phi) is 5.39. The van der Waals surface area contributed by atoms with Crippen LogP contribution in [0.4, 0.5) is 0 Å². The minimum Gasteiger partial charge on any atom is -0.369 e. The van der Waals surface area contributed by atoms with Gasteiger partial charge in [0.25, 0.3) is 0 Å². The number of likely N-dealkylation sites (N-methyl/N-ethyl adjacent to an activating group) is 1. The van der Waals surface area contributed by atoms with Gasteiger partial charge in [-0.25, -0.2) is 8.42 Å². The van der Waals surface area contributed by atoms with E-state index in [1.807, 2.05) is 6.92 Å². The first-order chi connectivity index (χ1) is 11.1. The molecule has 1 aromatic carbocycles. The maximum Gasteiger partial charge on any atom is 0.245 e. The van der Waals surface area contributed by atoms with E-state index >= 15 is 0 Å². The van der Waals surface area contributed by atoms with Gasteiger partial charge in [0.2, 0.25) is 15.9 Å². The second-order valence-corrected chi connectivity index (χ2v) is 8.37. The summed E-state index contributed by atoms with van der Waals surface area (Å²) in [5.41, 5.74) is 5.66. The van der Waals surface area contributed by atoms with Gasteiger partial charge >= 0.3 is 0 Å². The molecule has 0 atom stereocenters. The van der Waals surface area contributed by atoms with Crippen molar-refractivity contribution >= 4 is 32.4 Å². The third kappa shape index (κ3) is 3.35. The highest BCUT2D eigenvalue weighted by Gasteiger charge is 2.50. The number of nitrogens with zero attached hydrogens (tertiary/aromatic N) is 1. The van der Waals surface area contributed by atoms with Crippen molar-refractivity contribution in [1.82, 2.24) is 9.62 Å². The molecule has 2 rings (SSSR count). The van der Waals surface area contributed by atoms with Gasteiger partial charge in [0.1, 0.15) is 0 Å². The summed E-state index contributed by atoms with van der Waals surface area (Å²) >= 11 is 5.91. The molecule has 0 aliphatic carbocycles. The van der Waals surface area contributed by atoms with Gasteiger partial charge in [-0.2, -0.15) is 4.31 Å². The minimum absolute atomic E-state index is 0.214. The predicted molar refractivity (Wildman–Crippen MR) is 95.8 cm³/mol. The molecule has 0 fully saturated rings. The standard InChI is InChI=1S/C16H22ClN3O3S/c1-4-19-9-13-15(11-5-7-12(17)8-6-11)24(22,23)20(10-14(18)21)16(13,2)3/h5-8,19H,4,9-10H2,1-3H3,(H2,18,21). The van der Waals surface area contributed by atoms with Crippen LogP contribution in [0, 0.1) is 0 Å². The summed E-state index contributed by atoms with van der Waals surface area (Å²) in [6.45, 7) is 6.24. The van der Waals surface area contributed by atoms with Gasteiger partial charge in [0.15, 0.2) is 0 Å². The summed E-state index contributed by atoms with van der Waals surface area (Å²) in [5, 5.41) is 3.70. The quantitative estimate of drug-likeness (QED) is 0.793. The Bertz CT molecular complexity index is 770. The van der Waals surface area contributed by atoms with E-state index in [-0.39, 0.29) is 11.4 Å². The zero-order valence-corrected chi connectivity index (χ0v) is 15.5. The molecule has 0 saturated heterocycles. The number of sulfonamides is 1. The molecule has 1 aromatic rings. The highest BCUT2D eigenvalue weighted by molar-refractivity contribution is 7.98. The van der Waals surface area contributed by atoms with E-state index in [1.165, 1.54) is 4.31 Å². The average molecular weight is 372 g/mol. The van der Waals surface area contributed by atoms with Crippen molar-refractivity contribution in [2.75, 3.05) is 19.6 Å². The molecule has 24 heavy (non-hydrogen) atoms. The maximum absolute atomic E-state index is 13.1. The largest absolute Gasteiger partial charge is 0.369 e. The van der Waals surface area contributed by atoms with Crippen LogP contribution < -0.4 is 11.1 Å². The highest BCUT2D eigenvalue weighted by atomic mass is 35.5. The van der Waals surface area contributed by atoms with Crippen LogP contribution in [0.15, 0.2) is 29.8 Å². The van der Waals surface area contributed by atoms with Crippen molar-refractivity contribution in [3.05, 3.63) is 40.4 Å². The van der Waals surface area contributed by atoms with Crippen LogP contribution in [0.25, 0.3) is 4.91 Å². The van der Waals surface area contributed by atoms with Crippen molar-refractivity contribution < 1.29 is 13.2 Å². The van der Waals surface area contributed by atoms with Crippen LogP contribution in [0.5, 0.6) is 0 Å². The van der Waals surface area contributed by atoms with Crippen molar-refractivity contribution in [3.63, 3.8) is 0 Å². The Morgan fingerprint density at radius 1 is 1.29 bits per heavy atom. The molecule has 0 unspecified atom stereocenters. The molecular formula is C16H22ClN3O3S. The number of halogens is 1. The zero-order chi connectivity index (χ0) is 18.1. The summed E-state index contributed by atoms with van der Waals surface area (Å²) in [5.74, 6) is -0.688. The lowest BCUT2D eigenvalue weighted by Gasteiger charge is -2.31. The van der Waals surface area contributed by atoms with Crippen LogP contribution in [-0.2, 0) is 14.8 Å². The lowest BCUT2D eigenvalue weighted by molar-refractivity contribution is -0.118. The Balaban J connectivity index is 2.66. The van der Waals surface area contributed by atoms with Crippen LogP contribution in [0.2, 0.25) is 5.02 Å². The lowest BCUT2D eigenvalue weighted by atomic mass is 9.91. The molecule has 0 bridgehead atoms. The van der Waals surface area contributed by atoms with Crippen molar-refractivity contribution in [3.8, 4) is 0 Å². The first kappa shape index (κ1) is 18.9. The number of hydrogen-bond donors (Lipinski definition) is 2. The van der Waals surface area contributed by atoms with Crippen molar-refractivity contribution in [1.29, 1.82) is 0 Å². The fourth-order valence-electron chi connectivity index (χ4n) is 2.89. The number of rotatable bonds is 6. The molecule has 8 heteroatoms. The smallest absolute Gasteiger partial charge is 0.245 e. The SMILES string of the molecule is CCNCC1=C(c2ccc(Cl)cc2)S(=O)(=O)N(CC(N)=O)C1(C)C. The Morgan fingerprint density at radius 2 is 1.88 bits per heavy atom. The molecule has 1 amide bonds. The Morgan fingerprint density at radius 3 is 2.38 bits per heavy atom. The molecule has 3 N–H and O–H groups in total. The van der Waals surface area contributed by atoms with E-state index in [9.17, 15) is 13.2 Å². The number of hydrogen-bond acceptors (Lipinski definition) is 4. The number of nitrogens with two attached hydrogens (primary N) is 1. The predicted octanol–water partition coefficient (Wildman–Crippen LogP) is 1.57. The fourth-order valence-corrected chi connectivity index (χ4v) is 5.31. The van der Waals surface area contributed by atoms with E-state index in [4.69, 9.17) is 17.3 Å². The molecule has 0 radical (unpaired) electrons. The van der Waals surface area contributed by atoms with Crippen LogP contribution in [-0.4, -0.2) is 43.8 Å². The van der Waals surface area contributed by atoms with Gasteiger partial charge in [-0.05, 0) is 43.7 Å². The van der Waals surface area contributed by atoms with E-state index < -0.39 is 21.5 Å². The third-order valence-electron chi connectivity index (χ3n) is 4.14. The molecule has 132 valence electrons. The molecular weight excluding hydrogens is 350 g/mol. The lowest BCUT2D eigenvalue weighted by Crippen LogP contribution is -2.48. The molecule has 1 heterocycles. The number of amides is 1. The second-order valence-electron chi connectivity index (χ2n) is 6.13. The van der Waals surface area contributed by atoms with E-state index in [0.717, 1.165) is 0 Å². The van der Waals surface area contributed by atoms with Gasteiger partial charge in [-0.15, -0.1) is 0 Å². The Labute approximate surface area is 147 Å². The topological polar surface area (TPSA) is 92.5 Å². The first-order valence-corrected chi connectivity index (χ1v) is 9.45. The monoisotopic (exact) mass is 371 g/mol. The summed E-state index contributed by atoms with van der Waals surface area (Å²) < 4.78 is 27.4. The highest BCUT2D eigenvalue weighted by Crippen LogP contribution is 2.44. The van der Waals surface area contributed by atoms with Crippen molar-refractivity contribution in [2.24, 2.45) is 5.73 Å².